The number of ether oxygens (including phenoxy) is 1. The van der Waals surface area contributed by atoms with Crippen LogP contribution in [0.4, 0.5) is 0 Å². The van der Waals surface area contributed by atoms with Crippen molar-refractivity contribution in [3.8, 4) is 0 Å². The molecule has 1 radical (unpaired) electrons. The monoisotopic (exact) mass is 141 g/mol. The average molecular weight is 141 g/mol. The highest BCUT2D eigenvalue weighted by molar-refractivity contribution is 5.38. The molecule has 0 N–H and O–H groups in total. The topological polar surface area (TPSA) is 26.3 Å². The Morgan fingerprint density at radius 2 is 2.10 bits per heavy atom. The van der Waals surface area contributed by atoms with Gasteiger partial charge in [-0.05, 0) is 12.8 Å². The summed E-state index contributed by atoms with van der Waals surface area (Å²) in [5, 5.41) is 0. The molecule has 0 heterocycles. The Hall–Kier alpha value is -0.790. The Morgan fingerprint density at radius 1 is 1.40 bits per heavy atom. The Labute approximate surface area is 61.9 Å². The van der Waals surface area contributed by atoms with Crippen LogP contribution in [0.2, 0.25) is 0 Å². The summed E-state index contributed by atoms with van der Waals surface area (Å²) < 4.78 is 4.36. The van der Waals surface area contributed by atoms with E-state index in [1.807, 2.05) is 6.08 Å². The van der Waals surface area contributed by atoms with E-state index in [2.05, 4.69) is 17.7 Å². The first-order valence-corrected chi connectivity index (χ1v) is 3.55. The normalized spacial score (nSPS) is 10.1. The molecule has 0 fully saturated rings. The van der Waals surface area contributed by atoms with Gasteiger partial charge in [-0.3, -0.25) is 0 Å². The Kier molecular flexibility index (Phi) is 7.56. The number of carbonyl (C=O) groups excluding carboxylic acids is 1. The van der Waals surface area contributed by atoms with E-state index in [9.17, 15) is 4.79 Å². The maximum absolute atomic E-state index is 9.52. The second-order valence-electron chi connectivity index (χ2n) is 1.98. The first-order valence-electron chi connectivity index (χ1n) is 3.55. The van der Waals surface area contributed by atoms with Crippen molar-refractivity contribution in [2.75, 3.05) is 6.61 Å². The van der Waals surface area contributed by atoms with Crippen molar-refractivity contribution < 1.29 is 9.53 Å². The van der Waals surface area contributed by atoms with Crippen molar-refractivity contribution >= 4 is 6.47 Å². The second kappa shape index (κ2) is 8.21. The van der Waals surface area contributed by atoms with Crippen LogP contribution in [-0.4, -0.2) is 13.1 Å². The Morgan fingerprint density at radius 3 is 2.70 bits per heavy atom. The zero-order valence-electron chi connectivity index (χ0n) is 6.30. The molecule has 0 bridgehead atoms. The average Bonchev–Trinajstić information content (AvgIpc) is 1.97. The molecule has 0 aliphatic rings. The van der Waals surface area contributed by atoms with Crippen molar-refractivity contribution in [1.29, 1.82) is 0 Å². The van der Waals surface area contributed by atoms with Crippen molar-refractivity contribution in [3.05, 3.63) is 12.2 Å². The molecule has 2 nitrogen and oxygen atoms in total. The molecule has 0 unspecified atom stereocenters. The molecule has 10 heavy (non-hydrogen) atoms. The van der Waals surface area contributed by atoms with Crippen molar-refractivity contribution in [1.82, 2.24) is 0 Å². The summed E-state index contributed by atoms with van der Waals surface area (Å²) in [7, 11) is 0. The third kappa shape index (κ3) is 7.21. The fourth-order valence-electron chi connectivity index (χ4n) is 0.571. The number of hydrogen-bond donors (Lipinski definition) is 0. The second-order valence-corrected chi connectivity index (χ2v) is 1.98. The molecule has 0 saturated carbocycles. The molecule has 0 saturated heterocycles. The van der Waals surface area contributed by atoms with Gasteiger partial charge in [0.2, 0.25) is 0 Å². The highest BCUT2D eigenvalue weighted by Crippen LogP contribution is 1.90. The van der Waals surface area contributed by atoms with Gasteiger partial charge in [0.25, 0.3) is 0 Å². The van der Waals surface area contributed by atoms with Gasteiger partial charge in [-0.2, -0.15) is 0 Å². The zero-order chi connectivity index (χ0) is 7.66. The van der Waals surface area contributed by atoms with Crippen LogP contribution in [0, 0.1) is 0 Å². The molecule has 0 spiro atoms. The van der Waals surface area contributed by atoms with Crippen LogP contribution in [0.25, 0.3) is 0 Å². The first kappa shape index (κ1) is 9.21. The van der Waals surface area contributed by atoms with E-state index in [0.29, 0.717) is 6.61 Å². The molecule has 0 aromatic heterocycles. The van der Waals surface area contributed by atoms with E-state index >= 15 is 0 Å². The molecular weight excluding hydrogens is 128 g/mol. The smallest absolute Gasteiger partial charge is 0.417 e. The van der Waals surface area contributed by atoms with Crippen molar-refractivity contribution in [2.45, 2.75) is 26.2 Å². The lowest BCUT2D eigenvalue weighted by molar-refractivity contribution is 0.284. The summed E-state index contributed by atoms with van der Waals surface area (Å²) in [5.74, 6) is 0. The molecule has 0 aromatic rings. The third-order valence-corrected chi connectivity index (χ3v) is 1.07. The van der Waals surface area contributed by atoms with Gasteiger partial charge in [0, 0.05) is 0 Å². The summed E-state index contributed by atoms with van der Waals surface area (Å²) in [6.45, 7) is 3.95. The van der Waals surface area contributed by atoms with Gasteiger partial charge in [-0.1, -0.05) is 25.5 Å². The van der Waals surface area contributed by atoms with Crippen molar-refractivity contribution in [3.63, 3.8) is 0 Å². The third-order valence-electron chi connectivity index (χ3n) is 1.07. The highest BCUT2D eigenvalue weighted by atomic mass is 16.5. The molecule has 0 atom stereocenters. The number of hydrogen-bond acceptors (Lipinski definition) is 2. The van der Waals surface area contributed by atoms with Crippen LogP contribution in [-0.2, 0) is 9.53 Å². The van der Waals surface area contributed by atoms with Gasteiger partial charge >= 0.3 is 6.47 Å². The molecule has 57 valence electrons. The minimum atomic E-state index is 0.448. The minimum absolute atomic E-state index is 0.448. The van der Waals surface area contributed by atoms with Gasteiger partial charge in [-0.25, -0.2) is 4.79 Å². The summed E-state index contributed by atoms with van der Waals surface area (Å²) in [5.41, 5.74) is 0. The molecular formula is C8H13O2. The van der Waals surface area contributed by atoms with E-state index < -0.39 is 0 Å². The molecule has 0 amide bonds. The fourth-order valence-corrected chi connectivity index (χ4v) is 0.571. The summed E-state index contributed by atoms with van der Waals surface area (Å²) >= 11 is 0. The number of rotatable bonds is 6. The van der Waals surface area contributed by atoms with Crippen LogP contribution in [0.1, 0.15) is 26.2 Å². The van der Waals surface area contributed by atoms with Gasteiger partial charge < -0.3 is 4.74 Å². The van der Waals surface area contributed by atoms with Gasteiger partial charge in [-0.15, -0.1) is 0 Å². The van der Waals surface area contributed by atoms with E-state index in [4.69, 9.17) is 0 Å². The van der Waals surface area contributed by atoms with Crippen LogP contribution in [0.15, 0.2) is 12.2 Å². The highest BCUT2D eigenvalue weighted by Gasteiger charge is 1.80. The van der Waals surface area contributed by atoms with E-state index in [0.717, 1.165) is 19.3 Å². The van der Waals surface area contributed by atoms with Gasteiger partial charge in [0.15, 0.2) is 0 Å². The SMILES string of the molecule is CCCC=CCCO[C]=O. The predicted molar refractivity (Wildman–Crippen MR) is 40.3 cm³/mol. The largest absolute Gasteiger partial charge is 0.457 e. The van der Waals surface area contributed by atoms with Gasteiger partial charge in [0.05, 0.1) is 6.61 Å². The molecule has 0 aliphatic heterocycles. The summed E-state index contributed by atoms with van der Waals surface area (Å²) in [6.07, 6.45) is 7.17. The Bertz CT molecular complexity index is 97.4. The summed E-state index contributed by atoms with van der Waals surface area (Å²) in [4.78, 5) is 9.52. The lowest BCUT2D eigenvalue weighted by Gasteiger charge is -1.89. The molecule has 0 aromatic carbocycles. The van der Waals surface area contributed by atoms with E-state index in [-0.39, 0.29) is 0 Å². The fraction of sp³-hybridized carbons (Fsp3) is 0.625. The standard InChI is InChI=1S/C8H13O2/c1-2-3-4-5-6-7-10-8-9/h4-5H,2-3,6-7H2,1H3. The molecule has 2 heteroatoms. The molecule has 0 rings (SSSR count). The maximum Gasteiger partial charge on any atom is 0.417 e. The van der Waals surface area contributed by atoms with Gasteiger partial charge in [0.1, 0.15) is 0 Å². The van der Waals surface area contributed by atoms with Crippen LogP contribution in [0.5, 0.6) is 0 Å². The number of allylic oxidation sites excluding steroid dienone is 1. The molecule has 0 aliphatic carbocycles. The quantitative estimate of drug-likeness (QED) is 0.416. The van der Waals surface area contributed by atoms with Crippen molar-refractivity contribution in [2.24, 2.45) is 0 Å². The zero-order valence-corrected chi connectivity index (χ0v) is 6.30. The first-order chi connectivity index (χ1) is 4.91. The lowest BCUT2D eigenvalue weighted by Crippen LogP contribution is -1.87. The van der Waals surface area contributed by atoms with Crippen LogP contribution < -0.4 is 0 Å². The van der Waals surface area contributed by atoms with E-state index in [1.165, 1.54) is 6.47 Å². The Balaban J connectivity index is 2.94. The predicted octanol–water partition coefficient (Wildman–Crippen LogP) is 1.82. The van der Waals surface area contributed by atoms with Crippen LogP contribution in [0.3, 0.4) is 0 Å². The van der Waals surface area contributed by atoms with E-state index in [1.54, 1.807) is 0 Å². The lowest BCUT2D eigenvalue weighted by atomic mass is 10.3. The number of unbranched alkanes of at least 4 members (excludes halogenated alkanes) is 1. The van der Waals surface area contributed by atoms with Crippen LogP contribution >= 0.6 is 0 Å². The minimum Gasteiger partial charge on any atom is -0.457 e. The summed E-state index contributed by atoms with van der Waals surface area (Å²) in [6, 6.07) is 0. The maximum atomic E-state index is 9.52.